The lowest BCUT2D eigenvalue weighted by atomic mass is 10.0. The second-order valence-corrected chi connectivity index (χ2v) is 4.81. The van der Waals surface area contributed by atoms with Crippen LogP contribution in [0.2, 0.25) is 5.15 Å². The summed E-state index contributed by atoms with van der Waals surface area (Å²) < 4.78 is 0. The molecule has 0 spiro atoms. The highest BCUT2D eigenvalue weighted by Crippen LogP contribution is 2.25. The Balaban J connectivity index is 2.06. The van der Waals surface area contributed by atoms with Gasteiger partial charge in [0, 0.05) is 11.6 Å². The van der Waals surface area contributed by atoms with Crippen molar-refractivity contribution in [3.8, 4) is 11.3 Å². The fourth-order valence-corrected chi connectivity index (χ4v) is 2.29. The molecule has 0 saturated heterocycles. The van der Waals surface area contributed by atoms with Crippen LogP contribution in [-0.2, 0) is 0 Å². The van der Waals surface area contributed by atoms with Gasteiger partial charge in [-0.15, -0.1) is 0 Å². The molecule has 0 bridgehead atoms. The van der Waals surface area contributed by atoms with Crippen LogP contribution in [0.4, 0.5) is 0 Å². The van der Waals surface area contributed by atoms with E-state index in [0.717, 1.165) is 35.5 Å². The molecule has 0 aliphatic heterocycles. The first-order chi connectivity index (χ1) is 9.33. The van der Waals surface area contributed by atoms with Crippen LogP contribution in [0.15, 0.2) is 54.6 Å². The van der Waals surface area contributed by atoms with E-state index >= 15 is 0 Å². The van der Waals surface area contributed by atoms with Gasteiger partial charge in [0.2, 0.25) is 0 Å². The highest BCUT2D eigenvalue weighted by atomic mass is 35.5. The number of nitrogens with zero attached hydrogens (tertiary/aromatic N) is 2. The summed E-state index contributed by atoms with van der Waals surface area (Å²) in [6.45, 7) is 0. The van der Waals surface area contributed by atoms with Gasteiger partial charge in [0.1, 0.15) is 5.15 Å². The topological polar surface area (TPSA) is 25.8 Å². The van der Waals surface area contributed by atoms with Crippen molar-refractivity contribution in [1.82, 2.24) is 9.97 Å². The van der Waals surface area contributed by atoms with Crippen molar-refractivity contribution in [3.63, 3.8) is 0 Å². The number of halogens is 1. The average molecular weight is 269 g/mol. The van der Waals surface area contributed by atoms with Crippen LogP contribution in [0.25, 0.3) is 16.8 Å². The summed E-state index contributed by atoms with van der Waals surface area (Å²) in [5, 5.41) is 0.485. The summed E-state index contributed by atoms with van der Waals surface area (Å²) in [5.41, 5.74) is 3.06. The summed E-state index contributed by atoms with van der Waals surface area (Å²) in [5.74, 6) is 0.732. The molecule has 0 fully saturated rings. The largest absolute Gasteiger partial charge is 0.228 e. The predicted molar refractivity (Wildman–Crippen MR) is 78.8 cm³/mol. The smallest absolute Gasteiger partial charge is 0.157 e. The van der Waals surface area contributed by atoms with Gasteiger partial charge in [-0.2, -0.15) is 0 Å². The molecule has 1 aromatic carbocycles. The highest BCUT2D eigenvalue weighted by Gasteiger charge is 2.10. The SMILES string of the molecule is Clc1cc(-c2ccccc2)nc(C2=CC=CCC2)n1. The van der Waals surface area contributed by atoms with Gasteiger partial charge in [0.25, 0.3) is 0 Å². The molecule has 2 aromatic rings. The molecule has 0 saturated carbocycles. The lowest BCUT2D eigenvalue weighted by Gasteiger charge is -2.09. The van der Waals surface area contributed by atoms with Gasteiger partial charge in [0.05, 0.1) is 5.69 Å². The molecule has 0 unspecified atom stereocenters. The third-order valence-corrected chi connectivity index (χ3v) is 3.26. The normalized spacial score (nSPS) is 14.3. The molecule has 1 aliphatic carbocycles. The van der Waals surface area contributed by atoms with Crippen molar-refractivity contribution in [1.29, 1.82) is 0 Å². The Bertz CT molecular complexity index is 645. The standard InChI is InChI=1S/C16H13ClN2/c17-15-11-14(12-7-3-1-4-8-12)18-16(19-15)13-9-5-2-6-10-13/h1-5,7-9,11H,6,10H2. The third kappa shape index (κ3) is 2.74. The summed E-state index contributed by atoms with van der Waals surface area (Å²) in [7, 11) is 0. The van der Waals surface area contributed by atoms with E-state index in [9.17, 15) is 0 Å². The molecule has 1 aliphatic rings. The Hall–Kier alpha value is -1.93. The minimum absolute atomic E-state index is 0.485. The summed E-state index contributed by atoms with van der Waals surface area (Å²) in [6, 6.07) is 11.8. The fraction of sp³-hybridized carbons (Fsp3) is 0.125. The van der Waals surface area contributed by atoms with Crippen molar-refractivity contribution in [2.75, 3.05) is 0 Å². The van der Waals surface area contributed by atoms with E-state index in [1.54, 1.807) is 6.07 Å². The molecule has 1 aromatic heterocycles. The van der Waals surface area contributed by atoms with E-state index < -0.39 is 0 Å². The lowest BCUT2D eigenvalue weighted by molar-refractivity contribution is 1.01. The number of rotatable bonds is 2. The second-order valence-electron chi connectivity index (χ2n) is 4.42. The minimum Gasteiger partial charge on any atom is -0.228 e. The maximum atomic E-state index is 6.12. The first-order valence-electron chi connectivity index (χ1n) is 6.29. The van der Waals surface area contributed by atoms with Crippen LogP contribution in [0.3, 0.4) is 0 Å². The van der Waals surface area contributed by atoms with Crippen molar-refractivity contribution >= 4 is 17.2 Å². The lowest BCUT2D eigenvalue weighted by Crippen LogP contribution is -1.98. The molecular weight excluding hydrogens is 256 g/mol. The summed E-state index contributed by atoms with van der Waals surface area (Å²) in [4.78, 5) is 8.96. The fourth-order valence-electron chi connectivity index (χ4n) is 2.11. The van der Waals surface area contributed by atoms with Gasteiger partial charge in [-0.05, 0) is 18.4 Å². The Kier molecular flexibility index (Phi) is 3.43. The van der Waals surface area contributed by atoms with Crippen LogP contribution in [0.5, 0.6) is 0 Å². The number of allylic oxidation sites excluding steroid dienone is 4. The average Bonchev–Trinajstić information content (AvgIpc) is 2.48. The van der Waals surface area contributed by atoms with Crippen molar-refractivity contribution < 1.29 is 0 Å². The van der Waals surface area contributed by atoms with Crippen molar-refractivity contribution in [2.45, 2.75) is 12.8 Å². The molecular formula is C16H13ClN2. The maximum absolute atomic E-state index is 6.12. The third-order valence-electron chi connectivity index (χ3n) is 3.07. The quantitative estimate of drug-likeness (QED) is 0.748. The van der Waals surface area contributed by atoms with Crippen molar-refractivity contribution in [2.24, 2.45) is 0 Å². The van der Waals surface area contributed by atoms with Gasteiger partial charge in [-0.25, -0.2) is 9.97 Å². The van der Waals surface area contributed by atoms with Crippen LogP contribution >= 0.6 is 11.6 Å². The van der Waals surface area contributed by atoms with E-state index in [1.807, 2.05) is 36.4 Å². The van der Waals surface area contributed by atoms with Crippen LogP contribution < -0.4 is 0 Å². The summed E-state index contributed by atoms with van der Waals surface area (Å²) in [6.07, 6.45) is 8.24. The van der Waals surface area contributed by atoms with E-state index in [1.165, 1.54) is 0 Å². The van der Waals surface area contributed by atoms with Gasteiger partial charge in [-0.3, -0.25) is 0 Å². The van der Waals surface area contributed by atoms with Gasteiger partial charge in [0.15, 0.2) is 5.82 Å². The molecule has 3 heteroatoms. The summed E-state index contributed by atoms with van der Waals surface area (Å²) >= 11 is 6.12. The van der Waals surface area contributed by atoms with Gasteiger partial charge in [-0.1, -0.05) is 60.2 Å². The van der Waals surface area contributed by atoms with E-state index in [0.29, 0.717) is 5.15 Å². The molecule has 0 radical (unpaired) electrons. The zero-order chi connectivity index (χ0) is 13.1. The highest BCUT2D eigenvalue weighted by molar-refractivity contribution is 6.29. The zero-order valence-corrected chi connectivity index (χ0v) is 11.1. The Morgan fingerprint density at radius 1 is 1.05 bits per heavy atom. The number of hydrogen-bond donors (Lipinski definition) is 0. The van der Waals surface area contributed by atoms with E-state index in [2.05, 4.69) is 22.1 Å². The molecule has 3 rings (SSSR count). The molecule has 1 heterocycles. The molecule has 0 atom stereocenters. The van der Waals surface area contributed by atoms with Crippen LogP contribution in [-0.4, -0.2) is 9.97 Å². The molecule has 94 valence electrons. The van der Waals surface area contributed by atoms with Crippen LogP contribution in [0.1, 0.15) is 18.7 Å². The maximum Gasteiger partial charge on any atom is 0.157 e. The minimum atomic E-state index is 0.485. The Morgan fingerprint density at radius 3 is 2.63 bits per heavy atom. The number of benzene rings is 1. The molecule has 0 amide bonds. The van der Waals surface area contributed by atoms with E-state index in [-0.39, 0.29) is 0 Å². The van der Waals surface area contributed by atoms with Crippen molar-refractivity contribution in [3.05, 3.63) is 65.6 Å². The monoisotopic (exact) mass is 268 g/mol. The molecule has 0 N–H and O–H groups in total. The Labute approximate surface area is 117 Å². The molecule has 2 nitrogen and oxygen atoms in total. The van der Waals surface area contributed by atoms with Crippen LogP contribution in [0, 0.1) is 0 Å². The first-order valence-corrected chi connectivity index (χ1v) is 6.67. The van der Waals surface area contributed by atoms with Gasteiger partial charge < -0.3 is 0 Å². The zero-order valence-electron chi connectivity index (χ0n) is 10.4. The predicted octanol–water partition coefficient (Wildman–Crippen LogP) is 4.53. The van der Waals surface area contributed by atoms with E-state index in [4.69, 9.17) is 11.6 Å². The first kappa shape index (κ1) is 12.1. The number of aromatic nitrogens is 2. The Morgan fingerprint density at radius 2 is 1.89 bits per heavy atom. The number of hydrogen-bond acceptors (Lipinski definition) is 2. The van der Waals surface area contributed by atoms with Gasteiger partial charge >= 0.3 is 0 Å². The second kappa shape index (κ2) is 5.37. The molecule has 19 heavy (non-hydrogen) atoms.